The Morgan fingerprint density at radius 2 is 1.50 bits per heavy atom. The second kappa shape index (κ2) is 10.8. The van der Waals surface area contributed by atoms with Crippen molar-refractivity contribution in [1.82, 2.24) is 9.58 Å². The second-order valence-electron chi connectivity index (χ2n) is 11.9. The van der Waals surface area contributed by atoms with Crippen molar-refractivity contribution in [3.63, 3.8) is 0 Å². The number of benzene rings is 4. The number of nitrogens with zero attached hydrogens (tertiary/aromatic N) is 3. The summed E-state index contributed by atoms with van der Waals surface area (Å²) >= 11 is 0. The summed E-state index contributed by atoms with van der Waals surface area (Å²) < 4.78 is 38.0. The summed E-state index contributed by atoms with van der Waals surface area (Å²) in [5.74, 6) is -2.22. The minimum Gasteiger partial charge on any atom is -0.482 e. The van der Waals surface area contributed by atoms with E-state index in [0.29, 0.717) is 24.9 Å². The summed E-state index contributed by atoms with van der Waals surface area (Å²) in [5, 5.41) is 2.00. The van der Waals surface area contributed by atoms with Crippen LogP contribution in [0.5, 0.6) is 5.75 Å². The molecule has 46 heavy (non-hydrogen) atoms. The smallest absolute Gasteiger partial charge is 0.277 e. The van der Waals surface area contributed by atoms with Gasteiger partial charge in [-0.1, -0.05) is 91.0 Å². The van der Waals surface area contributed by atoms with Gasteiger partial charge in [-0.3, -0.25) is 19.3 Å². The van der Waals surface area contributed by atoms with Gasteiger partial charge < -0.3 is 9.64 Å². The molecule has 1 aliphatic heterocycles. The first kappa shape index (κ1) is 28.0. The number of pyridine rings is 1. The van der Waals surface area contributed by atoms with Crippen LogP contribution in [-0.2, 0) is 25.0 Å². The zero-order chi connectivity index (χ0) is 31.4. The van der Waals surface area contributed by atoms with E-state index in [1.54, 1.807) is 27.9 Å². The highest BCUT2D eigenvalue weighted by Crippen LogP contribution is 2.56. The molecule has 1 aromatic heterocycles. The minimum atomic E-state index is -1.06. The van der Waals surface area contributed by atoms with E-state index >= 15 is 4.39 Å². The van der Waals surface area contributed by atoms with Crippen molar-refractivity contribution in [2.45, 2.75) is 25.0 Å². The lowest BCUT2D eigenvalue weighted by Gasteiger charge is -2.49. The molecule has 5 aromatic rings. The molecule has 0 saturated carbocycles. The van der Waals surface area contributed by atoms with Crippen molar-refractivity contribution in [2.75, 3.05) is 18.2 Å². The van der Waals surface area contributed by atoms with Crippen LogP contribution < -0.4 is 15.2 Å². The Balaban J connectivity index is 1.33. The third kappa shape index (κ3) is 4.20. The van der Waals surface area contributed by atoms with Gasteiger partial charge >= 0.3 is 0 Å². The lowest BCUT2D eigenvalue weighted by Crippen LogP contribution is -2.62. The summed E-state index contributed by atoms with van der Waals surface area (Å²) in [6.45, 7) is 0.586. The second-order valence-corrected chi connectivity index (χ2v) is 11.9. The molecule has 2 heterocycles. The van der Waals surface area contributed by atoms with Gasteiger partial charge in [-0.05, 0) is 58.4 Å². The Labute approximate surface area is 264 Å². The highest BCUT2D eigenvalue weighted by molar-refractivity contribution is 5.96. The lowest BCUT2D eigenvalue weighted by molar-refractivity contribution is 0.0666. The number of halogens is 2. The molecule has 3 aliphatic rings. The van der Waals surface area contributed by atoms with Gasteiger partial charge in [0.25, 0.3) is 5.91 Å². The van der Waals surface area contributed by atoms with E-state index in [4.69, 9.17) is 4.74 Å². The number of hydrogen-bond donors (Lipinski definition) is 0. The van der Waals surface area contributed by atoms with Crippen molar-refractivity contribution >= 4 is 12.0 Å². The minimum absolute atomic E-state index is 0.0533. The summed E-state index contributed by atoms with van der Waals surface area (Å²) in [6.07, 6.45) is 4.44. The first-order valence-electron chi connectivity index (χ1n) is 15.3. The van der Waals surface area contributed by atoms with E-state index in [1.165, 1.54) is 6.07 Å². The third-order valence-electron chi connectivity index (χ3n) is 9.31. The number of carbonyl (C=O) groups excluding carboxylic acids is 1. The van der Waals surface area contributed by atoms with Crippen LogP contribution in [0.2, 0.25) is 0 Å². The highest BCUT2D eigenvalue weighted by Gasteiger charge is 2.56. The monoisotopic (exact) mass is 613 g/mol. The molecule has 228 valence electrons. The molecule has 4 aromatic carbocycles. The Kier molecular flexibility index (Phi) is 6.60. The van der Waals surface area contributed by atoms with Gasteiger partial charge in [-0.15, -0.1) is 0 Å². The fraction of sp³-hybridized carbons (Fsp3) is 0.158. The average molecular weight is 614 g/mol. The molecule has 0 bridgehead atoms. The molecule has 0 saturated heterocycles. The molecule has 0 fully saturated rings. The molecule has 2 aliphatic carbocycles. The third-order valence-corrected chi connectivity index (χ3v) is 9.31. The largest absolute Gasteiger partial charge is 0.482 e. The molecule has 8 heteroatoms. The maximum atomic E-state index is 15.5. The number of carbonyl (C=O) groups is 1. The van der Waals surface area contributed by atoms with Crippen LogP contribution >= 0.6 is 0 Å². The van der Waals surface area contributed by atoms with E-state index < -0.39 is 22.6 Å². The number of hydrogen-bond acceptors (Lipinski definition) is 4. The summed E-state index contributed by atoms with van der Waals surface area (Å²) in [7, 11) is 0. The van der Waals surface area contributed by atoms with Crippen LogP contribution in [0.15, 0.2) is 120 Å². The van der Waals surface area contributed by atoms with Gasteiger partial charge in [-0.2, -0.15) is 0 Å². The van der Waals surface area contributed by atoms with Crippen LogP contribution in [0.3, 0.4) is 0 Å². The molecule has 1 unspecified atom stereocenters. The predicted octanol–water partition coefficient (Wildman–Crippen LogP) is 6.20. The van der Waals surface area contributed by atoms with Crippen molar-refractivity contribution in [1.29, 1.82) is 0 Å². The molecule has 1 amide bonds. The number of ether oxygens (including phenoxy) is 1. The predicted molar refractivity (Wildman–Crippen MR) is 171 cm³/mol. The number of fused-ring (bicyclic) bond motifs is 6. The van der Waals surface area contributed by atoms with Gasteiger partial charge in [-0.25, -0.2) is 8.78 Å². The molecular formula is C38H29F2N3O3. The highest BCUT2D eigenvalue weighted by atomic mass is 19.2. The summed E-state index contributed by atoms with van der Waals surface area (Å²) in [4.78, 5) is 29.6. The van der Waals surface area contributed by atoms with E-state index in [1.807, 2.05) is 89.9 Å². The molecular weight excluding hydrogens is 584 g/mol. The van der Waals surface area contributed by atoms with Gasteiger partial charge in [0.1, 0.15) is 18.8 Å². The van der Waals surface area contributed by atoms with Crippen molar-refractivity contribution in [2.24, 2.45) is 0 Å². The average Bonchev–Trinajstić information content (AvgIpc) is 3.58. The topological polar surface area (TPSA) is 54.8 Å². The SMILES string of the molecule is O=C1c2c(OCc3ccccc3)c(=O)ccn2N(C23C(=Cc4c2ccc(F)c4F)Cc2ccccc23)CN1CCc1ccccc1. The standard InChI is InChI=1S/C38H29F2N3O3/c39-32-16-15-31-29(34(32)40)22-28-21-27-13-7-8-14-30(27)38(28,31)43-24-41(19-17-25-9-3-1-4-10-25)37(45)35-36(33(44)18-20-42(35)43)46-23-26-11-5-2-6-12-26/h1-16,18,20,22H,17,19,21,23-24H2. The molecule has 8 rings (SSSR count). The van der Waals surface area contributed by atoms with Gasteiger partial charge in [0.2, 0.25) is 5.43 Å². The van der Waals surface area contributed by atoms with E-state index in [-0.39, 0.29) is 36.2 Å². The van der Waals surface area contributed by atoms with Crippen LogP contribution in [0, 0.1) is 11.6 Å². The molecule has 6 nitrogen and oxygen atoms in total. The summed E-state index contributed by atoms with van der Waals surface area (Å²) in [6, 6.07) is 31.5. The number of amides is 1. The Morgan fingerprint density at radius 3 is 2.28 bits per heavy atom. The first-order chi connectivity index (χ1) is 22.5. The van der Waals surface area contributed by atoms with Gasteiger partial charge in [0, 0.05) is 24.4 Å². The zero-order valence-electron chi connectivity index (χ0n) is 24.8. The summed E-state index contributed by atoms with van der Waals surface area (Å²) in [5.41, 5.74) is 4.14. The van der Waals surface area contributed by atoms with E-state index in [9.17, 15) is 14.0 Å². The normalized spacial score (nSPS) is 17.7. The van der Waals surface area contributed by atoms with E-state index in [0.717, 1.165) is 33.9 Å². The van der Waals surface area contributed by atoms with Crippen LogP contribution in [0.1, 0.15) is 43.9 Å². The number of aromatic nitrogens is 1. The van der Waals surface area contributed by atoms with Gasteiger partial charge in [0.15, 0.2) is 23.1 Å². The van der Waals surface area contributed by atoms with Crippen LogP contribution in [-0.4, -0.2) is 28.7 Å². The quantitative estimate of drug-likeness (QED) is 0.220. The maximum Gasteiger partial charge on any atom is 0.277 e. The maximum absolute atomic E-state index is 15.5. The van der Waals surface area contributed by atoms with Crippen LogP contribution in [0.4, 0.5) is 8.78 Å². The van der Waals surface area contributed by atoms with E-state index in [2.05, 4.69) is 0 Å². The molecule has 0 N–H and O–H groups in total. The molecule has 0 spiro atoms. The first-order valence-corrected chi connectivity index (χ1v) is 15.3. The lowest BCUT2D eigenvalue weighted by atomic mass is 9.83. The Bertz CT molecular complexity index is 2090. The number of rotatable bonds is 7. The fourth-order valence-electron chi connectivity index (χ4n) is 7.22. The Hall–Kier alpha value is -5.50. The van der Waals surface area contributed by atoms with Gasteiger partial charge in [0.05, 0.1) is 0 Å². The molecule has 0 radical (unpaired) electrons. The van der Waals surface area contributed by atoms with Crippen molar-refractivity contribution in [3.05, 3.63) is 176 Å². The Morgan fingerprint density at radius 1 is 0.783 bits per heavy atom. The molecule has 1 atom stereocenters. The van der Waals surface area contributed by atoms with Crippen molar-refractivity contribution < 1.29 is 18.3 Å². The fourth-order valence-corrected chi connectivity index (χ4v) is 7.22. The van der Waals surface area contributed by atoms with Crippen molar-refractivity contribution in [3.8, 4) is 5.75 Å². The van der Waals surface area contributed by atoms with Crippen LogP contribution in [0.25, 0.3) is 6.08 Å². The zero-order valence-corrected chi connectivity index (χ0v) is 24.8.